The van der Waals surface area contributed by atoms with Crippen molar-refractivity contribution >= 4 is 22.2 Å². The van der Waals surface area contributed by atoms with Crippen molar-refractivity contribution in [1.82, 2.24) is 15.6 Å². The minimum Gasteiger partial charge on any atom is -0.508 e. The van der Waals surface area contributed by atoms with E-state index in [0.717, 1.165) is 38.9 Å². The molecule has 1 spiro atoms. The van der Waals surface area contributed by atoms with Crippen LogP contribution in [0.5, 0.6) is 34.5 Å². The lowest BCUT2D eigenvalue weighted by Crippen LogP contribution is -2.50. The summed E-state index contributed by atoms with van der Waals surface area (Å²) in [5, 5.41) is 80.9. The smallest absolute Gasteiger partial charge is 0.200 e. The van der Waals surface area contributed by atoms with Gasteiger partial charge in [-0.1, -0.05) is 38.1 Å². The highest BCUT2D eigenvalue weighted by atomic mass is 16.5. The van der Waals surface area contributed by atoms with Gasteiger partial charge in [0, 0.05) is 48.4 Å². The number of aromatic nitrogens is 1. The maximum Gasteiger partial charge on any atom is 0.200 e. The topological polar surface area (TPSA) is 209 Å². The van der Waals surface area contributed by atoms with E-state index in [4.69, 9.17) is 9.47 Å². The zero-order valence-corrected chi connectivity index (χ0v) is 38.2. The number of likely N-dealkylation sites (N-methyl/N-ethyl adjacent to an activating group) is 1. The summed E-state index contributed by atoms with van der Waals surface area (Å²) in [6, 6.07) is 21.6. The van der Waals surface area contributed by atoms with E-state index >= 15 is 4.79 Å². The Balaban J connectivity index is 1.34. The molecule has 0 saturated heterocycles. The number of allylic oxidation sites excluding steroid dienone is 2. The van der Waals surface area contributed by atoms with Gasteiger partial charge in [0.15, 0.2) is 23.0 Å². The molecule has 2 aliphatic heterocycles. The molecule has 3 aliphatic rings. The maximum absolute atomic E-state index is 16.1. The van der Waals surface area contributed by atoms with Gasteiger partial charge in [-0.3, -0.25) is 4.79 Å². The van der Waals surface area contributed by atoms with Crippen LogP contribution >= 0.6 is 0 Å². The highest BCUT2D eigenvalue weighted by Gasteiger charge is 2.58. The Bertz CT molecular complexity index is 2590. The third kappa shape index (κ3) is 9.42. The van der Waals surface area contributed by atoms with Gasteiger partial charge in [0.2, 0.25) is 5.75 Å². The minimum atomic E-state index is -1.18. The summed E-state index contributed by atoms with van der Waals surface area (Å²) in [6.45, 7) is 5.19. The number of hydrogen-bond acceptors (Lipinski definition) is 12. The number of ketones is 1. The molecule has 350 valence electrons. The number of fused-ring (bicyclic) bond motifs is 5. The number of carbonyl (C=O) groups excluding carboxylic acids is 1. The second-order valence-corrected chi connectivity index (χ2v) is 18.8. The summed E-state index contributed by atoms with van der Waals surface area (Å²) in [5.74, 6) is -1.86. The Labute approximate surface area is 386 Å². The number of aromatic hydroxyl groups is 4. The number of dihydropyridines is 1. The van der Waals surface area contributed by atoms with Crippen LogP contribution in [0.1, 0.15) is 80.2 Å². The number of aliphatic hydroxyl groups excluding tert-OH is 2. The van der Waals surface area contributed by atoms with Crippen LogP contribution in [0.15, 0.2) is 103 Å². The summed E-state index contributed by atoms with van der Waals surface area (Å²) in [5.41, 5.74) is 3.92. The van der Waals surface area contributed by atoms with Crippen molar-refractivity contribution in [2.75, 3.05) is 39.2 Å². The van der Waals surface area contributed by atoms with E-state index in [2.05, 4.69) is 27.0 Å². The quantitative estimate of drug-likeness (QED) is 0.0512. The molecular formula is C53H64N4O9. The highest BCUT2D eigenvalue weighted by molar-refractivity contribution is 5.92. The van der Waals surface area contributed by atoms with Crippen molar-refractivity contribution in [2.24, 2.45) is 23.2 Å². The Kier molecular flexibility index (Phi) is 13.9. The van der Waals surface area contributed by atoms with Gasteiger partial charge in [-0.2, -0.15) is 0 Å². The molecule has 1 saturated carbocycles. The number of nitrogens with one attached hydrogen (secondary N) is 4. The average molecular weight is 901 g/mol. The van der Waals surface area contributed by atoms with Gasteiger partial charge in [-0.25, -0.2) is 0 Å². The van der Waals surface area contributed by atoms with E-state index in [1.165, 1.54) is 13.2 Å². The second-order valence-electron chi connectivity index (χ2n) is 18.8. The molecule has 0 amide bonds. The number of phenolic OH excluding ortho intramolecular Hbond substituents is 4. The van der Waals surface area contributed by atoms with Gasteiger partial charge < -0.3 is 61.0 Å². The van der Waals surface area contributed by atoms with E-state index in [0.29, 0.717) is 62.3 Å². The Hall–Kier alpha value is -6.15. The van der Waals surface area contributed by atoms with Crippen LogP contribution in [-0.4, -0.2) is 87.5 Å². The van der Waals surface area contributed by atoms with Crippen LogP contribution < -0.4 is 25.4 Å². The third-order valence-electron chi connectivity index (χ3n) is 14.1. The number of H-pyrrole nitrogens is 1. The Morgan fingerprint density at radius 2 is 1.80 bits per heavy atom. The first-order chi connectivity index (χ1) is 31.8. The molecule has 1 fully saturated rings. The first-order valence-electron chi connectivity index (χ1n) is 23.2. The first kappa shape index (κ1) is 46.4. The average Bonchev–Trinajstić information content (AvgIpc) is 3.94. The van der Waals surface area contributed by atoms with Gasteiger partial charge in [0.1, 0.15) is 17.4 Å². The molecule has 0 radical (unpaired) electrons. The molecule has 0 unspecified atom stereocenters. The summed E-state index contributed by atoms with van der Waals surface area (Å²) in [4.78, 5) is 19.5. The maximum atomic E-state index is 16.1. The number of benzene rings is 4. The number of carbonyl (C=O) groups is 1. The van der Waals surface area contributed by atoms with Crippen molar-refractivity contribution in [3.63, 3.8) is 0 Å². The molecule has 3 heterocycles. The van der Waals surface area contributed by atoms with Gasteiger partial charge >= 0.3 is 0 Å². The SMILES string of the molecule is CNC[C@H]1C[C@@H](c2cc(O)c(O)c(OCC(C)C)c2)CC(=O)[C@H]([C@H](O)CCc2ccc(O)c(OC)c2)[C@@]2(CC[C@H](O)[C@@H]2Cc2ccc[nH]2)C2=CCNC(=C2)Nc2ccc3cc(O)ccc3c21. The zero-order chi connectivity index (χ0) is 46.7. The molecule has 7 atom stereocenters. The molecule has 1 aromatic heterocycles. The van der Waals surface area contributed by atoms with E-state index in [1.807, 2.05) is 63.5 Å². The number of rotatable bonds is 13. The van der Waals surface area contributed by atoms with Crippen molar-refractivity contribution in [2.45, 2.75) is 82.8 Å². The summed E-state index contributed by atoms with van der Waals surface area (Å²) < 4.78 is 11.5. The van der Waals surface area contributed by atoms with Crippen molar-refractivity contribution in [3.8, 4) is 34.5 Å². The standard InChI is InChI=1S/C53H64N4O9/c1-30(2)29-66-48-25-34(24-46(63)52(48)64)33-21-35(28-54-3)50-39-11-10-38(58)22-32(39)9-12-41(50)57-49-26-36(16-19-56-49)53(17-15-42(59)40(53)27-37-6-5-18-55-37)51(45(62)23-33)44(61)14-8-31-7-13-43(60)47(20-31)65-4/h5-7,9-13,16,18,20,22,24-26,30,33,35,40,42,44,51,54-61,63-64H,8,14-15,17,19,21,23,27-29H2,1-4H3/t33-,35-,40+,42+,44-,51+,53+/m1/s1. The number of aliphatic hydroxyl groups is 2. The van der Waals surface area contributed by atoms with Gasteiger partial charge in [0.05, 0.1) is 31.8 Å². The fourth-order valence-corrected chi connectivity index (χ4v) is 11.1. The monoisotopic (exact) mass is 900 g/mol. The number of aryl methyl sites for hydroxylation is 1. The molecule has 4 aromatic carbocycles. The molecule has 2 bridgehead atoms. The highest BCUT2D eigenvalue weighted by Crippen LogP contribution is 2.58. The van der Waals surface area contributed by atoms with E-state index < -0.39 is 35.4 Å². The molecule has 5 aromatic rings. The molecule has 66 heavy (non-hydrogen) atoms. The summed E-state index contributed by atoms with van der Waals surface area (Å²) in [6.07, 6.45) is 6.20. The van der Waals surface area contributed by atoms with Crippen LogP contribution in [-0.2, 0) is 17.6 Å². The number of aromatic amines is 1. The van der Waals surface area contributed by atoms with Crippen LogP contribution in [0, 0.1) is 23.2 Å². The number of anilines is 1. The minimum absolute atomic E-state index is 0.00116. The molecule has 1 aliphatic carbocycles. The fraction of sp³-hybridized carbons (Fsp3) is 0.415. The fourth-order valence-electron chi connectivity index (χ4n) is 11.1. The van der Waals surface area contributed by atoms with Crippen molar-refractivity contribution in [1.29, 1.82) is 0 Å². The predicted molar refractivity (Wildman–Crippen MR) is 255 cm³/mol. The number of methoxy groups -OCH3 is 1. The number of phenols is 4. The first-order valence-corrected chi connectivity index (χ1v) is 23.2. The second kappa shape index (κ2) is 19.8. The Morgan fingerprint density at radius 3 is 2.56 bits per heavy atom. The zero-order valence-electron chi connectivity index (χ0n) is 38.2. The third-order valence-corrected chi connectivity index (χ3v) is 14.1. The summed E-state index contributed by atoms with van der Waals surface area (Å²) >= 11 is 0. The lowest BCUT2D eigenvalue weighted by atomic mass is 9.57. The Morgan fingerprint density at radius 1 is 0.970 bits per heavy atom. The summed E-state index contributed by atoms with van der Waals surface area (Å²) in [7, 11) is 3.37. The van der Waals surface area contributed by atoms with Gasteiger partial charge in [-0.15, -0.1) is 0 Å². The lowest BCUT2D eigenvalue weighted by Gasteiger charge is -2.46. The van der Waals surface area contributed by atoms with Gasteiger partial charge in [0.25, 0.3) is 0 Å². The van der Waals surface area contributed by atoms with Crippen LogP contribution in [0.3, 0.4) is 0 Å². The number of ether oxygens (including phenoxy) is 2. The predicted octanol–water partition coefficient (Wildman–Crippen LogP) is 7.88. The van der Waals surface area contributed by atoms with Crippen molar-refractivity contribution in [3.05, 3.63) is 125 Å². The molecular weight excluding hydrogens is 837 g/mol. The lowest BCUT2D eigenvalue weighted by molar-refractivity contribution is -0.134. The van der Waals surface area contributed by atoms with Crippen molar-refractivity contribution < 1.29 is 44.9 Å². The molecule has 8 rings (SSSR count). The van der Waals surface area contributed by atoms with Gasteiger partial charge in [-0.05, 0) is 157 Å². The molecule has 13 heteroatoms. The van der Waals surface area contributed by atoms with Crippen LogP contribution in [0.4, 0.5) is 5.69 Å². The molecule has 13 nitrogen and oxygen atoms in total. The number of hydrogen-bond donors (Lipinski definition) is 10. The van der Waals surface area contributed by atoms with E-state index in [1.54, 1.807) is 36.4 Å². The largest absolute Gasteiger partial charge is 0.508 e. The van der Waals surface area contributed by atoms with E-state index in [9.17, 15) is 30.6 Å². The normalized spacial score (nSPS) is 23.7. The molecule has 10 N–H and O–H groups in total. The van der Waals surface area contributed by atoms with Crippen LogP contribution in [0.25, 0.3) is 10.8 Å². The number of Topliss-reactive ketones (excluding diaryl/α,β-unsaturated/α-hetero) is 1. The van der Waals surface area contributed by atoms with Crippen LogP contribution in [0.2, 0.25) is 0 Å². The van der Waals surface area contributed by atoms with E-state index in [-0.39, 0.29) is 65.8 Å².